The van der Waals surface area contributed by atoms with Crippen LogP contribution in [0.5, 0.6) is 0 Å². The first-order valence-corrected chi connectivity index (χ1v) is 6.68. The number of pyridine rings is 1. The lowest BCUT2D eigenvalue weighted by molar-refractivity contribution is -0.139. The molecule has 8 heteroatoms. The minimum Gasteiger partial charge on any atom is -0.481 e. The number of carboxylic acids is 1. The van der Waals surface area contributed by atoms with Crippen molar-refractivity contribution in [3.63, 3.8) is 0 Å². The minimum absolute atomic E-state index is 0.0194. The number of aliphatic carboxylic acids is 1. The number of rotatable bonds is 3. The summed E-state index contributed by atoms with van der Waals surface area (Å²) >= 11 is 12.0. The zero-order valence-electron chi connectivity index (χ0n) is 10.8. The number of carbonyl (C=O) groups is 1. The highest BCUT2D eigenvalue weighted by molar-refractivity contribution is 6.39. The molecule has 0 spiro atoms. The van der Waals surface area contributed by atoms with Gasteiger partial charge in [-0.25, -0.2) is 0 Å². The molecule has 116 valence electrons. The summed E-state index contributed by atoms with van der Waals surface area (Å²) < 4.78 is 38.3. The van der Waals surface area contributed by atoms with Crippen molar-refractivity contribution in [3.05, 3.63) is 51.6 Å². The SMILES string of the molecule is O=C(O)Cc1cc(C(F)(F)F)cnc1-c1c(Cl)cccc1Cl. The smallest absolute Gasteiger partial charge is 0.417 e. The molecule has 1 N–H and O–H groups in total. The first kappa shape index (κ1) is 16.6. The molecule has 3 nitrogen and oxygen atoms in total. The van der Waals surface area contributed by atoms with Gasteiger partial charge in [0.05, 0.1) is 27.7 Å². The van der Waals surface area contributed by atoms with Gasteiger partial charge >= 0.3 is 12.1 Å². The Hall–Kier alpha value is -1.79. The Morgan fingerprint density at radius 2 is 1.82 bits per heavy atom. The van der Waals surface area contributed by atoms with Gasteiger partial charge in [0.1, 0.15) is 0 Å². The van der Waals surface area contributed by atoms with E-state index in [2.05, 4.69) is 4.98 Å². The van der Waals surface area contributed by atoms with E-state index < -0.39 is 24.1 Å². The summed E-state index contributed by atoms with van der Waals surface area (Å²) in [5.41, 5.74) is -0.921. The van der Waals surface area contributed by atoms with Crippen molar-refractivity contribution < 1.29 is 23.1 Å². The van der Waals surface area contributed by atoms with Gasteiger partial charge in [-0.3, -0.25) is 9.78 Å². The molecule has 22 heavy (non-hydrogen) atoms. The first-order valence-electron chi connectivity index (χ1n) is 5.92. The molecule has 0 aliphatic carbocycles. The van der Waals surface area contributed by atoms with Crippen LogP contribution in [0.1, 0.15) is 11.1 Å². The predicted octanol–water partition coefficient (Wildman–Crippen LogP) is 4.70. The largest absolute Gasteiger partial charge is 0.481 e. The fraction of sp³-hybridized carbons (Fsp3) is 0.143. The molecule has 1 aromatic carbocycles. The van der Waals surface area contributed by atoms with E-state index in [0.717, 1.165) is 6.07 Å². The molecule has 0 amide bonds. The van der Waals surface area contributed by atoms with Crippen LogP contribution in [0.15, 0.2) is 30.5 Å². The second kappa shape index (κ2) is 6.14. The van der Waals surface area contributed by atoms with Gasteiger partial charge in [-0.05, 0) is 23.8 Å². The van der Waals surface area contributed by atoms with Crippen LogP contribution in [0.4, 0.5) is 13.2 Å². The Labute approximate surface area is 133 Å². The van der Waals surface area contributed by atoms with Crippen molar-refractivity contribution in [2.45, 2.75) is 12.6 Å². The average Bonchev–Trinajstić information content (AvgIpc) is 2.38. The van der Waals surface area contributed by atoms with Crippen LogP contribution in [0.25, 0.3) is 11.3 Å². The highest BCUT2D eigenvalue weighted by atomic mass is 35.5. The molecule has 0 atom stereocenters. The number of hydrogen-bond acceptors (Lipinski definition) is 2. The maximum absolute atomic E-state index is 12.8. The maximum atomic E-state index is 12.8. The van der Waals surface area contributed by atoms with Crippen LogP contribution in [0.2, 0.25) is 10.0 Å². The molecule has 0 aliphatic heterocycles. The van der Waals surface area contributed by atoms with Gasteiger partial charge in [-0.1, -0.05) is 29.3 Å². The number of hydrogen-bond donors (Lipinski definition) is 1. The van der Waals surface area contributed by atoms with Crippen LogP contribution < -0.4 is 0 Å². The van der Waals surface area contributed by atoms with Crippen LogP contribution in [0, 0.1) is 0 Å². The molecule has 0 unspecified atom stereocenters. The van der Waals surface area contributed by atoms with Crippen molar-refractivity contribution in [1.82, 2.24) is 4.98 Å². The molecule has 2 aromatic rings. The van der Waals surface area contributed by atoms with Crippen molar-refractivity contribution >= 4 is 29.2 Å². The van der Waals surface area contributed by atoms with E-state index >= 15 is 0 Å². The fourth-order valence-electron chi connectivity index (χ4n) is 1.91. The Morgan fingerprint density at radius 3 is 2.32 bits per heavy atom. The Morgan fingerprint density at radius 1 is 1.23 bits per heavy atom. The van der Waals surface area contributed by atoms with E-state index in [4.69, 9.17) is 28.3 Å². The van der Waals surface area contributed by atoms with Crippen LogP contribution in [-0.2, 0) is 17.4 Å². The lowest BCUT2D eigenvalue weighted by atomic mass is 10.0. The number of benzene rings is 1. The van der Waals surface area contributed by atoms with Crippen LogP contribution in [0.3, 0.4) is 0 Å². The van der Waals surface area contributed by atoms with E-state index in [-0.39, 0.29) is 26.9 Å². The molecular formula is C14H8Cl2F3NO2. The summed E-state index contributed by atoms with van der Waals surface area (Å²) in [6.07, 6.45) is -4.63. The van der Waals surface area contributed by atoms with E-state index in [1.807, 2.05) is 0 Å². The number of nitrogens with zero attached hydrogens (tertiary/aromatic N) is 1. The summed E-state index contributed by atoms with van der Waals surface area (Å²) in [5, 5.41) is 9.24. The summed E-state index contributed by atoms with van der Waals surface area (Å²) in [7, 11) is 0. The summed E-state index contributed by atoms with van der Waals surface area (Å²) in [6.45, 7) is 0. The number of aromatic nitrogens is 1. The van der Waals surface area contributed by atoms with E-state index in [1.54, 1.807) is 6.07 Å². The third-order valence-corrected chi connectivity index (χ3v) is 3.47. The second-order valence-electron chi connectivity index (χ2n) is 4.40. The van der Waals surface area contributed by atoms with Crippen molar-refractivity contribution in [3.8, 4) is 11.3 Å². The molecule has 0 bridgehead atoms. The highest BCUT2D eigenvalue weighted by Gasteiger charge is 2.32. The summed E-state index contributed by atoms with van der Waals surface area (Å²) in [6, 6.07) is 5.30. The monoisotopic (exact) mass is 349 g/mol. The van der Waals surface area contributed by atoms with Gasteiger partial charge in [-0.15, -0.1) is 0 Å². The number of alkyl halides is 3. The van der Waals surface area contributed by atoms with Crippen molar-refractivity contribution in [1.29, 1.82) is 0 Å². The maximum Gasteiger partial charge on any atom is 0.417 e. The summed E-state index contributed by atoms with van der Waals surface area (Å²) in [4.78, 5) is 14.6. The molecule has 0 saturated heterocycles. The molecular weight excluding hydrogens is 342 g/mol. The van der Waals surface area contributed by atoms with E-state index in [0.29, 0.717) is 6.20 Å². The third-order valence-electron chi connectivity index (χ3n) is 2.84. The topological polar surface area (TPSA) is 50.2 Å². The highest BCUT2D eigenvalue weighted by Crippen LogP contribution is 2.37. The van der Waals surface area contributed by atoms with Crippen molar-refractivity contribution in [2.75, 3.05) is 0 Å². The fourth-order valence-corrected chi connectivity index (χ4v) is 2.49. The summed E-state index contributed by atoms with van der Waals surface area (Å²) in [5.74, 6) is -1.29. The lowest BCUT2D eigenvalue weighted by Gasteiger charge is -2.13. The quantitative estimate of drug-likeness (QED) is 0.873. The zero-order valence-corrected chi connectivity index (χ0v) is 12.3. The molecule has 1 aromatic heterocycles. The van der Waals surface area contributed by atoms with Gasteiger partial charge in [0.15, 0.2) is 0 Å². The second-order valence-corrected chi connectivity index (χ2v) is 5.21. The standard InChI is InChI=1S/C14H8Cl2F3NO2/c15-9-2-1-3-10(16)12(9)13-7(5-11(21)22)4-8(6-20-13)14(17,18)19/h1-4,6H,5H2,(H,21,22). The lowest BCUT2D eigenvalue weighted by Crippen LogP contribution is -2.10. The van der Waals surface area contributed by atoms with E-state index in [1.165, 1.54) is 12.1 Å². The molecule has 0 aliphatic rings. The molecule has 2 rings (SSSR count). The molecule has 0 saturated carbocycles. The number of halogens is 5. The van der Waals surface area contributed by atoms with Crippen LogP contribution >= 0.6 is 23.2 Å². The average molecular weight is 350 g/mol. The van der Waals surface area contributed by atoms with Gasteiger partial charge in [0, 0.05) is 11.8 Å². The Bertz CT molecular complexity index is 712. The molecule has 1 heterocycles. The Kier molecular flexibility index (Phi) is 4.63. The minimum atomic E-state index is -4.62. The van der Waals surface area contributed by atoms with Crippen LogP contribution in [-0.4, -0.2) is 16.1 Å². The predicted molar refractivity (Wildman–Crippen MR) is 76.0 cm³/mol. The van der Waals surface area contributed by atoms with Gasteiger partial charge in [0.2, 0.25) is 0 Å². The van der Waals surface area contributed by atoms with Gasteiger partial charge in [0.25, 0.3) is 0 Å². The van der Waals surface area contributed by atoms with E-state index in [9.17, 15) is 18.0 Å². The third kappa shape index (κ3) is 3.51. The molecule has 0 fully saturated rings. The van der Waals surface area contributed by atoms with Gasteiger partial charge in [-0.2, -0.15) is 13.2 Å². The number of carboxylic acid groups (broad SMARTS) is 1. The zero-order chi connectivity index (χ0) is 16.5. The normalized spacial score (nSPS) is 11.5. The first-order chi connectivity index (χ1) is 10.2. The van der Waals surface area contributed by atoms with Gasteiger partial charge < -0.3 is 5.11 Å². The molecule has 0 radical (unpaired) electrons. The van der Waals surface area contributed by atoms with Crippen molar-refractivity contribution in [2.24, 2.45) is 0 Å². The Balaban J connectivity index is 2.67.